The standard InChI is InChI=1S/C12H20O4.Al.H2O.2H/c1-7(2)5-8-3-4-9(11(13)14)10(6-8)12(15)16;;;;/h7-10H,3-6H2,1-2H3,(H,13,14)(H,15,16);;1H2;;/q;+1;;;/p-1. The molecule has 0 heterocycles. The van der Waals surface area contributed by atoms with Crippen molar-refractivity contribution in [1.82, 2.24) is 0 Å². The van der Waals surface area contributed by atoms with Gasteiger partial charge in [0.25, 0.3) is 0 Å². The molecular weight excluding hydrogens is 251 g/mol. The average Bonchev–Trinajstić information content (AvgIpc) is 2.30. The van der Waals surface area contributed by atoms with Gasteiger partial charge in [0.1, 0.15) is 0 Å². The van der Waals surface area contributed by atoms with E-state index in [0.29, 0.717) is 41.3 Å². The Kier molecular flexibility index (Phi) is 8.25. The summed E-state index contributed by atoms with van der Waals surface area (Å²) in [5, 5.41) is 18.0. The molecule has 0 spiro atoms. The van der Waals surface area contributed by atoms with E-state index in [1.54, 1.807) is 0 Å². The molecule has 104 valence electrons. The van der Waals surface area contributed by atoms with Gasteiger partial charge in [-0.25, -0.2) is 0 Å². The molecule has 0 radical (unpaired) electrons. The lowest BCUT2D eigenvalue weighted by molar-refractivity contribution is -0.156. The summed E-state index contributed by atoms with van der Waals surface area (Å²) < 4.78 is 7.14. The molecule has 1 rings (SSSR count). The van der Waals surface area contributed by atoms with E-state index in [-0.39, 0.29) is 0 Å². The molecule has 0 aromatic carbocycles. The first kappa shape index (κ1) is 17.4. The molecule has 6 heteroatoms. The molecule has 0 saturated heterocycles. The normalized spacial score (nSPS) is 27.2. The highest BCUT2D eigenvalue weighted by Crippen LogP contribution is 2.37. The molecule has 1 aliphatic rings. The van der Waals surface area contributed by atoms with E-state index < -0.39 is 23.8 Å². The van der Waals surface area contributed by atoms with Crippen LogP contribution in [-0.2, 0) is 9.59 Å². The summed E-state index contributed by atoms with van der Waals surface area (Å²) in [4.78, 5) is 22.0. The number of hydrogen-bond acceptors (Lipinski definition) is 3. The van der Waals surface area contributed by atoms with E-state index in [1.807, 2.05) is 0 Å². The lowest BCUT2D eigenvalue weighted by Crippen LogP contribution is -2.35. The van der Waals surface area contributed by atoms with Gasteiger partial charge in [-0.05, 0) is 37.5 Å². The molecule has 3 atom stereocenters. The number of aliphatic carboxylic acids is 2. The summed E-state index contributed by atoms with van der Waals surface area (Å²) in [5.74, 6) is -2.40. The molecule has 18 heavy (non-hydrogen) atoms. The van der Waals surface area contributed by atoms with Crippen LogP contribution in [0.25, 0.3) is 0 Å². The van der Waals surface area contributed by atoms with Crippen molar-refractivity contribution in [3.63, 3.8) is 0 Å². The lowest BCUT2D eigenvalue weighted by Gasteiger charge is -2.32. The van der Waals surface area contributed by atoms with Gasteiger partial charge in [-0.2, -0.15) is 0 Å². The third kappa shape index (κ3) is 5.38. The van der Waals surface area contributed by atoms with Crippen LogP contribution < -0.4 is 0 Å². The van der Waals surface area contributed by atoms with Gasteiger partial charge in [-0.3, -0.25) is 9.59 Å². The smallest absolute Gasteiger partial charge is 0.407 e. The maximum absolute atomic E-state index is 11.0. The van der Waals surface area contributed by atoms with Gasteiger partial charge < -0.3 is 14.4 Å². The minimum atomic E-state index is -0.963. The largest absolute Gasteiger partial charge is 0.521 e. The second kappa shape index (κ2) is 8.52. The van der Waals surface area contributed by atoms with E-state index >= 15 is 0 Å². The number of rotatable bonds is 4. The third-order valence-corrected chi connectivity index (χ3v) is 3.40. The molecule has 5 nitrogen and oxygen atoms in total. The Labute approximate surface area is 116 Å². The van der Waals surface area contributed by atoms with E-state index in [0.717, 1.165) is 12.8 Å². The zero-order chi connectivity index (χ0) is 14.3. The van der Waals surface area contributed by atoms with Crippen LogP contribution in [0.2, 0.25) is 0 Å². The monoisotopic (exact) mass is 274 g/mol. The zero-order valence-electron chi connectivity index (χ0n) is 11.3. The molecule has 1 aliphatic carbocycles. The SMILES string of the molecule is CC(C)CC1CCC(C(=O)O)C(C(=O)O)C1.[OH][AlH2]. The average molecular weight is 274 g/mol. The van der Waals surface area contributed by atoms with Gasteiger partial charge in [-0.15, -0.1) is 0 Å². The Morgan fingerprint density at radius 1 is 1.11 bits per heavy atom. The molecule has 3 unspecified atom stereocenters. The summed E-state index contributed by atoms with van der Waals surface area (Å²) in [6.07, 6.45) is 2.86. The topological polar surface area (TPSA) is 94.8 Å². The second-order valence-electron chi connectivity index (χ2n) is 5.20. The Morgan fingerprint density at radius 3 is 2.00 bits per heavy atom. The van der Waals surface area contributed by atoms with Crippen LogP contribution in [0.15, 0.2) is 0 Å². The lowest BCUT2D eigenvalue weighted by atomic mass is 9.72. The Morgan fingerprint density at radius 2 is 1.61 bits per heavy atom. The van der Waals surface area contributed by atoms with Crippen LogP contribution in [0.5, 0.6) is 0 Å². The van der Waals surface area contributed by atoms with E-state index in [1.165, 1.54) is 0 Å². The van der Waals surface area contributed by atoms with Crippen LogP contribution in [0.1, 0.15) is 39.5 Å². The molecule has 0 aromatic heterocycles. The molecule has 1 saturated carbocycles. The van der Waals surface area contributed by atoms with Crippen LogP contribution in [0.4, 0.5) is 0 Å². The summed E-state index contributed by atoms with van der Waals surface area (Å²) >= 11 is 0.306. The molecule has 3 N–H and O–H groups in total. The maximum Gasteiger partial charge on any atom is 0.407 e. The van der Waals surface area contributed by atoms with Crippen LogP contribution in [0.3, 0.4) is 0 Å². The number of hydrogen-bond donors (Lipinski definition) is 3. The summed E-state index contributed by atoms with van der Waals surface area (Å²) in [6, 6.07) is 0. The number of carbonyl (C=O) groups is 2. The van der Waals surface area contributed by atoms with Crippen molar-refractivity contribution in [3.8, 4) is 0 Å². The second-order valence-corrected chi connectivity index (χ2v) is 5.20. The highest BCUT2D eigenvalue weighted by atomic mass is 27.1. The summed E-state index contributed by atoms with van der Waals surface area (Å²) in [7, 11) is 0. The number of carboxylic acids is 2. The highest BCUT2D eigenvalue weighted by Gasteiger charge is 2.39. The molecule has 0 aromatic rings. The van der Waals surface area contributed by atoms with Gasteiger partial charge in [0.15, 0.2) is 0 Å². The predicted octanol–water partition coefficient (Wildman–Crippen LogP) is 0.761. The van der Waals surface area contributed by atoms with Crippen molar-refractivity contribution >= 4 is 28.6 Å². The maximum atomic E-state index is 11.0. The Balaban J connectivity index is 0.00000137. The first-order chi connectivity index (χ1) is 8.41. The van der Waals surface area contributed by atoms with Crippen molar-refractivity contribution < 1.29 is 24.0 Å². The van der Waals surface area contributed by atoms with Crippen molar-refractivity contribution in [2.75, 3.05) is 0 Å². The van der Waals surface area contributed by atoms with E-state index in [2.05, 4.69) is 13.8 Å². The van der Waals surface area contributed by atoms with Gasteiger partial charge >= 0.3 is 28.6 Å². The zero-order valence-corrected chi connectivity index (χ0v) is 13.3. The van der Waals surface area contributed by atoms with Gasteiger partial charge in [0, 0.05) is 0 Å². The first-order valence-corrected chi connectivity index (χ1v) is 7.21. The van der Waals surface area contributed by atoms with Crippen molar-refractivity contribution in [3.05, 3.63) is 0 Å². The fourth-order valence-electron chi connectivity index (χ4n) is 2.71. The van der Waals surface area contributed by atoms with Gasteiger partial charge in [-0.1, -0.05) is 13.8 Å². The van der Waals surface area contributed by atoms with Crippen molar-refractivity contribution in [1.29, 1.82) is 0 Å². The van der Waals surface area contributed by atoms with Crippen molar-refractivity contribution in [2.24, 2.45) is 23.7 Å². The first-order valence-electron chi connectivity index (χ1n) is 6.32. The molecule has 0 bridgehead atoms. The summed E-state index contributed by atoms with van der Waals surface area (Å²) in [5.41, 5.74) is 0. The van der Waals surface area contributed by atoms with Gasteiger partial charge in [0.05, 0.1) is 11.8 Å². The fraction of sp³-hybridized carbons (Fsp3) is 0.833. The third-order valence-electron chi connectivity index (χ3n) is 3.40. The van der Waals surface area contributed by atoms with Crippen LogP contribution >= 0.6 is 0 Å². The Hall–Kier alpha value is -0.568. The molecule has 1 fully saturated rings. The van der Waals surface area contributed by atoms with Crippen molar-refractivity contribution in [2.45, 2.75) is 39.5 Å². The molecule has 0 aliphatic heterocycles. The quantitative estimate of drug-likeness (QED) is 0.658. The van der Waals surface area contributed by atoms with Crippen LogP contribution in [-0.4, -0.2) is 42.9 Å². The summed E-state index contributed by atoms with van der Waals surface area (Å²) in [6.45, 7) is 4.22. The minimum Gasteiger partial charge on any atom is -0.521 e. The van der Waals surface area contributed by atoms with E-state index in [4.69, 9.17) is 14.4 Å². The van der Waals surface area contributed by atoms with E-state index in [9.17, 15) is 9.59 Å². The highest BCUT2D eigenvalue weighted by molar-refractivity contribution is 5.95. The molecular formula is C12H23AlO5. The molecule has 0 amide bonds. The van der Waals surface area contributed by atoms with Crippen LogP contribution in [0, 0.1) is 23.7 Å². The fourth-order valence-corrected chi connectivity index (χ4v) is 2.71. The number of carboxylic acid groups (broad SMARTS) is 2. The predicted molar refractivity (Wildman–Crippen MR) is 69.8 cm³/mol. The van der Waals surface area contributed by atoms with Gasteiger partial charge in [0.2, 0.25) is 0 Å². The minimum absolute atomic E-state index is 0.306. The Bertz CT molecular complexity index is 280.